The first kappa shape index (κ1) is 19.0. The summed E-state index contributed by atoms with van der Waals surface area (Å²) in [7, 11) is -3.77. The fourth-order valence-electron chi connectivity index (χ4n) is 2.24. The molecule has 0 aliphatic rings. The van der Waals surface area contributed by atoms with Crippen LogP contribution in [0.1, 0.15) is 29.3 Å². The summed E-state index contributed by atoms with van der Waals surface area (Å²) in [6.07, 6.45) is 0.651. The number of anilines is 1. The molecule has 0 saturated heterocycles. The Bertz CT molecular complexity index is 848. The summed E-state index contributed by atoms with van der Waals surface area (Å²) in [4.78, 5) is 12.2. The number of rotatable bonds is 7. The van der Waals surface area contributed by atoms with Crippen molar-refractivity contribution in [2.24, 2.45) is 5.73 Å². The molecule has 6 nitrogen and oxygen atoms in total. The molecule has 2 aromatic carbocycles. The van der Waals surface area contributed by atoms with E-state index < -0.39 is 10.0 Å². The number of sulfonamides is 1. The molecule has 25 heavy (non-hydrogen) atoms. The molecular weight excluding hydrogens is 338 g/mol. The Balaban J connectivity index is 2.15. The average Bonchev–Trinajstić information content (AvgIpc) is 2.54. The molecule has 7 heteroatoms. The van der Waals surface area contributed by atoms with E-state index in [1.165, 1.54) is 12.1 Å². The number of carbonyl (C=O) groups excluding carboxylic acids is 1. The van der Waals surface area contributed by atoms with Crippen LogP contribution in [0.4, 0.5) is 5.69 Å². The molecule has 0 radical (unpaired) electrons. The van der Waals surface area contributed by atoms with Gasteiger partial charge in [0, 0.05) is 23.8 Å². The number of hydrogen-bond acceptors (Lipinski definition) is 4. The van der Waals surface area contributed by atoms with Crippen molar-refractivity contribution in [1.29, 1.82) is 0 Å². The smallest absolute Gasteiger partial charge is 0.261 e. The minimum atomic E-state index is -3.77. The van der Waals surface area contributed by atoms with E-state index >= 15 is 0 Å². The van der Waals surface area contributed by atoms with Crippen molar-refractivity contribution >= 4 is 21.6 Å². The summed E-state index contributed by atoms with van der Waals surface area (Å²) in [5, 5.41) is 2.73. The zero-order valence-electron chi connectivity index (χ0n) is 14.3. The average molecular weight is 361 g/mol. The second-order valence-electron chi connectivity index (χ2n) is 6.02. The van der Waals surface area contributed by atoms with Crippen LogP contribution in [0.5, 0.6) is 0 Å². The van der Waals surface area contributed by atoms with Crippen LogP contribution in [0, 0.1) is 6.92 Å². The molecule has 1 amide bonds. The molecule has 2 aromatic rings. The summed E-state index contributed by atoms with van der Waals surface area (Å²) in [5.41, 5.74) is 7.36. The van der Waals surface area contributed by atoms with Gasteiger partial charge in [-0.2, -0.15) is 0 Å². The summed E-state index contributed by atoms with van der Waals surface area (Å²) < 4.78 is 27.6. The van der Waals surface area contributed by atoms with Gasteiger partial charge in [0.05, 0.1) is 4.90 Å². The predicted octanol–water partition coefficient (Wildman–Crippen LogP) is 2.26. The zero-order chi connectivity index (χ0) is 18.4. The molecule has 4 N–H and O–H groups in total. The largest absolute Gasteiger partial charge is 0.352 e. The quantitative estimate of drug-likeness (QED) is 0.704. The fourth-order valence-corrected chi connectivity index (χ4v) is 3.34. The molecule has 2 rings (SSSR count). The summed E-state index contributed by atoms with van der Waals surface area (Å²) >= 11 is 0. The molecule has 0 aliphatic heterocycles. The van der Waals surface area contributed by atoms with Gasteiger partial charge in [-0.1, -0.05) is 18.2 Å². The van der Waals surface area contributed by atoms with E-state index in [0.717, 1.165) is 5.56 Å². The molecule has 0 fully saturated rings. The Morgan fingerprint density at radius 1 is 1.16 bits per heavy atom. The van der Waals surface area contributed by atoms with Gasteiger partial charge in [-0.15, -0.1) is 0 Å². The molecule has 0 spiro atoms. The Morgan fingerprint density at radius 2 is 1.88 bits per heavy atom. The molecule has 1 unspecified atom stereocenters. The Hall–Kier alpha value is -2.38. The lowest BCUT2D eigenvalue weighted by Gasteiger charge is -2.11. The zero-order valence-corrected chi connectivity index (χ0v) is 15.1. The standard InChI is InChI=1S/C18H23N3O3S/c1-13-5-3-7-16(11-13)21-25(23,24)17-8-4-6-15(12-17)18(22)20-10-9-14(2)19/h3-8,11-12,14,21H,9-10,19H2,1-2H3,(H,20,22). The van der Waals surface area contributed by atoms with E-state index in [1.807, 2.05) is 19.9 Å². The molecule has 0 heterocycles. The summed E-state index contributed by atoms with van der Waals surface area (Å²) in [5.74, 6) is -0.326. The Morgan fingerprint density at radius 3 is 2.56 bits per heavy atom. The molecular formula is C18H23N3O3S. The predicted molar refractivity (Wildman–Crippen MR) is 99.0 cm³/mol. The molecule has 0 aromatic heterocycles. The van der Waals surface area contributed by atoms with E-state index in [-0.39, 0.29) is 22.4 Å². The van der Waals surface area contributed by atoms with E-state index in [1.54, 1.807) is 30.3 Å². The van der Waals surface area contributed by atoms with Crippen LogP contribution in [0.25, 0.3) is 0 Å². The molecule has 0 aliphatic carbocycles. The van der Waals surface area contributed by atoms with Gasteiger partial charge in [0.15, 0.2) is 0 Å². The van der Waals surface area contributed by atoms with Crippen LogP contribution in [-0.2, 0) is 10.0 Å². The normalized spacial score (nSPS) is 12.4. The highest BCUT2D eigenvalue weighted by atomic mass is 32.2. The number of hydrogen-bond donors (Lipinski definition) is 3. The number of carbonyl (C=O) groups is 1. The van der Waals surface area contributed by atoms with Gasteiger partial charge in [0.2, 0.25) is 0 Å². The van der Waals surface area contributed by atoms with Crippen molar-refractivity contribution in [3.63, 3.8) is 0 Å². The topological polar surface area (TPSA) is 101 Å². The highest BCUT2D eigenvalue weighted by molar-refractivity contribution is 7.92. The fraction of sp³-hybridized carbons (Fsp3) is 0.278. The summed E-state index contributed by atoms with van der Waals surface area (Å²) in [6.45, 7) is 4.18. The summed E-state index contributed by atoms with van der Waals surface area (Å²) in [6, 6.07) is 13.0. The van der Waals surface area contributed by atoms with Gasteiger partial charge in [-0.25, -0.2) is 8.42 Å². The number of nitrogens with two attached hydrogens (primary N) is 1. The number of amides is 1. The third-order valence-electron chi connectivity index (χ3n) is 3.56. The van der Waals surface area contributed by atoms with Crippen molar-refractivity contribution in [3.05, 3.63) is 59.7 Å². The number of nitrogens with one attached hydrogen (secondary N) is 2. The maximum Gasteiger partial charge on any atom is 0.261 e. The Labute approximate surface area is 148 Å². The van der Waals surface area contributed by atoms with Crippen molar-refractivity contribution in [1.82, 2.24) is 5.32 Å². The minimum Gasteiger partial charge on any atom is -0.352 e. The Kier molecular flexibility index (Phi) is 6.17. The van der Waals surface area contributed by atoms with Crippen molar-refractivity contribution in [2.75, 3.05) is 11.3 Å². The highest BCUT2D eigenvalue weighted by Gasteiger charge is 2.16. The molecule has 1 atom stereocenters. The lowest BCUT2D eigenvalue weighted by atomic mass is 10.2. The third-order valence-corrected chi connectivity index (χ3v) is 4.94. The van der Waals surface area contributed by atoms with Crippen LogP contribution in [0.3, 0.4) is 0 Å². The molecule has 0 bridgehead atoms. The number of aryl methyl sites for hydroxylation is 1. The maximum atomic E-state index is 12.5. The van der Waals surface area contributed by atoms with Gasteiger partial charge in [-0.05, 0) is 56.2 Å². The van der Waals surface area contributed by atoms with Crippen LogP contribution in [0.2, 0.25) is 0 Å². The lowest BCUT2D eigenvalue weighted by molar-refractivity contribution is 0.0952. The van der Waals surface area contributed by atoms with Crippen molar-refractivity contribution in [2.45, 2.75) is 31.2 Å². The highest BCUT2D eigenvalue weighted by Crippen LogP contribution is 2.18. The van der Waals surface area contributed by atoms with Crippen LogP contribution in [0.15, 0.2) is 53.4 Å². The van der Waals surface area contributed by atoms with Gasteiger partial charge in [0.1, 0.15) is 0 Å². The first-order valence-electron chi connectivity index (χ1n) is 8.01. The van der Waals surface area contributed by atoms with Crippen LogP contribution < -0.4 is 15.8 Å². The SMILES string of the molecule is Cc1cccc(NS(=O)(=O)c2cccc(C(=O)NCCC(C)N)c2)c1. The maximum absolute atomic E-state index is 12.5. The minimum absolute atomic E-state index is 0.00876. The van der Waals surface area contributed by atoms with Crippen molar-refractivity contribution in [3.8, 4) is 0 Å². The molecule has 0 saturated carbocycles. The van der Waals surface area contributed by atoms with Gasteiger partial charge < -0.3 is 11.1 Å². The molecule has 134 valence electrons. The van der Waals surface area contributed by atoms with Crippen LogP contribution >= 0.6 is 0 Å². The van der Waals surface area contributed by atoms with E-state index in [2.05, 4.69) is 10.0 Å². The van der Waals surface area contributed by atoms with E-state index in [4.69, 9.17) is 5.73 Å². The van der Waals surface area contributed by atoms with Gasteiger partial charge in [-0.3, -0.25) is 9.52 Å². The first-order valence-corrected chi connectivity index (χ1v) is 9.49. The van der Waals surface area contributed by atoms with Crippen LogP contribution in [-0.4, -0.2) is 26.9 Å². The first-order chi connectivity index (χ1) is 11.8. The van der Waals surface area contributed by atoms with Gasteiger partial charge in [0.25, 0.3) is 15.9 Å². The van der Waals surface area contributed by atoms with Crippen molar-refractivity contribution < 1.29 is 13.2 Å². The third kappa shape index (κ3) is 5.58. The second-order valence-corrected chi connectivity index (χ2v) is 7.71. The second kappa shape index (κ2) is 8.13. The number of benzene rings is 2. The van der Waals surface area contributed by atoms with E-state index in [9.17, 15) is 13.2 Å². The van der Waals surface area contributed by atoms with E-state index in [0.29, 0.717) is 18.7 Å². The lowest BCUT2D eigenvalue weighted by Crippen LogP contribution is -2.29. The van der Waals surface area contributed by atoms with Gasteiger partial charge >= 0.3 is 0 Å². The monoisotopic (exact) mass is 361 g/mol.